The number of nitrogens with one attached hydrogen (secondary N) is 1. The summed E-state index contributed by atoms with van der Waals surface area (Å²) in [5, 5.41) is 3.61. The molecule has 0 radical (unpaired) electrons. The Balaban J connectivity index is 1.76. The fourth-order valence-corrected chi connectivity index (χ4v) is 3.78. The predicted molar refractivity (Wildman–Crippen MR) is 78.3 cm³/mol. The molecular formula is C15H15ClFNS. The van der Waals surface area contributed by atoms with E-state index in [9.17, 15) is 4.39 Å². The van der Waals surface area contributed by atoms with Gasteiger partial charge < -0.3 is 5.32 Å². The molecule has 2 atom stereocenters. The monoisotopic (exact) mass is 295 g/mol. The standard InChI is InChI=1S/C15H15ClFNS/c1-9(14-6-7-15(16)19-14)18-13-5-2-10-8-11(17)3-4-12(10)13/h3-4,6-9,13,18H,2,5H2,1H3. The van der Waals surface area contributed by atoms with Crippen LogP contribution in [0, 0.1) is 5.82 Å². The van der Waals surface area contributed by atoms with Crippen LogP contribution in [-0.2, 0) is 6.42 Å². The van der Waals surface area contributed by atoms with Gasteiger partial charge in [0, 0.05) is 17.0 Å². The van der Waals surface area contributed by atoms with Gasteiger partial charge in [0.15, 0.2) is 0 Å². The van der Waals surface area contributed by atoms with E-state index in [4.69, 9.17) is 11.6 Å². The van der Waals surface area contributed by atoms with Crippen LogP contribution in [-0.4, -0.2) is 0 Å². The maximum Gasteiger partial charge on any atom is 0.123 e. The molecule has 100 valence electrons. The molecule has 1 heterocycles. The average molecular weight is 296 g/mol. The molecule has 0 amide bonds. The van der Waals surface area contributed by atoms with Crippen LogP contribution in [0.25, 0.3) is 0 Å². The van der Waals surface area contributed by atoms with Gasteiger partial charge in [-0.15, -0.1) is 11.3 Å². The van der Waals surface area contributed by atoms with Crippen molar-refractivity contribution in [1.29, 1.82) is 0 Å². The second-order valence-electron chi connectivity index (χ2n) is 4.96. The molecule has 1 aromatic carbocycles. The van der Waals surface area contributed by atoms with E-state index in [-0.39, 0.29) is 11.9 Å². The zero-order valence-electron chi connectivity index (χ0n) is 10.6. The molecule has 0 spiro atoms. The van der Waals surface area contributed by atoms with Gasteiger partial charge in [0.2, 0.25) is 0 Å². The highest BCUT2D eigenvalue weighted by Crippen LogP contribution is 2.35. The molecule has 3 rings (SSSR count). The van der Waals surface area contributed by atoms with Gasteiger partial charge in [-0.1, -0.05) is 17.7 Å². The molecule has 1 aromatic heterocycles. The number of halogens is 2. The maximum absolute atomic E-state index is 13.2. The summed E-state index contributed by atoms with van der Waals surface area (Å²) < 4.78 is 14.0. The van der Waals surface area contributed by atoms with Crippen molar-refractivity contribution in [1.82, 2.24) is 5.32 Å². The van der Waals surface area contributed by atoms with Crippen molar-refractivity contribution in [3.8, 4) is 0 Å². The lowest BCUT2D eigenvalue weighted by Gasteiger charge is -2.19. The summed E-state index contributed by atoms with van der Waals surface area (Å²) >= 11 is 7.57. The molecule has 1 N–H and O–H groups in total. The van der Waals surface area contributed by atoms with E-state index in [0.29, 0.717) is 6.04 Å². The van der Waals surface area contributed by atoms with Gasteiger partial charge in [0.25, 0.3) is 0 Å². The Hall–Kier alpha value is -0.900. The van der Waals surface area contributed by atoms with E-state index >= 15 is 0 Å². The van der Waals surface area contributed by atoms with Crippen LogP contribution in [0.5, 0.6) is 0 Å². The second-order valence-corrected chi connectivity index (χ2v) is 6.71. The van der Waals surface area contributed by atoms with Crippen molar-refractivity contribution >= 4 is 22.9 Å². The summed E-state index contributed by atoms with van der Waals surface area (Å²) in [5.41, 5.74) is 2.37. The lowest BCUT2D eigenvalue weighted by atomic mass is 10.1. The topological polar surface area (TPSA) is 12.0 Å². The summed E-state index contributed by atoms with van der Waals surface area (Å²) in [7, 11) is 0. The first-order valence-corrected chi connectivity index (χ1v) is 7.62. The summed E-state index contributed by atoms with van der Waals surface area (Å²) in [6.07, 6.45) is 1.98. The molecule has 0 aliphatic heterocycles. The summed E-state index contributed by atoms with van der Waals surface area (Å²) in [5.74, 6) is -0.141. The lowest BCUT2D eigenvalue weighted by Crippen LogP contribution is -2.22. The Morgan fingerprint density at radius 3 is 2.95 bits per heavy atom. The minimum absolute atomic E-state index is 0.141. The van der Waals surface area contributed by atoms with Crippen LogP contribution >= 0.6 is 22.9 Å². The SMILES string of the molecule is CC(NC1CCc2cc(F)ccc21)c1ccc(Cl)s1. The Morgan fingerprint density at radius 2 is 2.21 bits per heavy atom. The Bertz CT molecular complexity index is 596. The van der Waals surface area contributed by atoms with E-state index in [1.807, 2.05) is 12.1 Å². The van der Waals surface area contributed by atoms with E-state index < -0.39 is 0 Å². The van der Waals surface area contributed by atoms with Crippen LogP contribution in [0.3, 0.4) is 0 Å². The normalized spacial score (nSPS) is 19.4. The van der Waals surface area contributed by atoms with Gasteiger partial charge in [0.1, 0.15) is 5.82 Å². The predicted octanol–water partition coefficient (Wildman–Crippen LogP) is 4.88. The van der Waals surface area contributed by atoms with Gasteiger partial charge in [-0.05, 0) is 55.2 Å². The molecule has 0 bridgehead atoms. The van der Waals surface area contributed by atoms with Crippen LogP contribution < -0.4 is 5.32 Å². The van der Waals surface area contributed by atoms with Gasteiger partial charge in [-0.2, -0.15) is 0 Å². The average Bonchev–Trinajstić information content (AvgIpc) is 2.96. The zero-order valence-corrected chi connectivity index (χ0v) is 12.2. The molecule has 2 aromatic rings. The van der Waals surface area contributed by atoms with E-state index in [1.165, 1.54) is 10.4 Å². The molecule has 0 saturated heterocycles. The summed E-state index contributed by atoms with van der Waals surface area (Å²) in [4.78, 5) is 1.24. The number of benzene rings is 1. The summed E-state index contributed by atoms with van der Waals surface area (Å²) in [6.45, 7) is 2.14. The van der Waals surface area contributed by atoms with Crippen LogP contribution in [0.4, 0.5) is 4.39 Å². The number of hydrogen-bond donors (Lipinski definition) is 1. The molecule has 1 aliphatic rings. The maximum atomic E-state index is 13.2. The van der Waals surface area contributed by atoms with Crippen LogP contribution in [0.2, 0.25) is 4.34 Å². The molecule has 4 heteroatoms. The third-order valence-electron chi connectivity index (χ3n) is 3.65. The highest BCUT2D eigenvalue weighted by atomic mass is 35.5. The number of aryl methyl sites for hydroxylation is 1. The van der Waals surface area contributed by atoms with Crippen molar-refractivity contribution in [3.05, 3.63) is 56.5 Å². The largest absolute Gasteiger partial charge is 0.303 e. The number of thiophene rings is 1. The van der Waals surface area contributed by atoms with Crippen LogP contribution in [0.1, 0.15) is 41.4 Å². The molecule has 0 saturated carbocycles. The first kappa shape index (κ1) is 13.1. The molecule has 19 heavy (non-hydrogen) atoms. The lowest BCUT2D eigenvalue weighted by molar-refractivity contribution is 0.469. The van der Waals surface area contributed by atoms with Gasteiger partial charge in [-0.3, -0.25) is 0 Å². The third-order valence-corrected chi connectivity index (χ3v) is 5.07. The molecule has 1 nitrogen and oxygen atoms in total. The highest BCUT2D eigenvalue weighted by Gasteiger charge is 2.24. The van der Waals surface area contributed by atoms with Crippen LogP contribution in [0.15, 0.2) is 30.3 Å². The fraction of sp³-hybridized carbons (Fsp3) is 0.333. The third kappa shape index (κ3) is 2.69. The quantitative estimate of drug-likeness (QED) is 0.851. The number of fused-ring (bicyclic) bond motifs is 1. The van der Waals surface area contributed by atoms with Gasteiger partial charge in [-0.25, -0.2) is 4.39 Å². The molecule has 2 unspecified atom stereocenters. The van der Waals surface area contributed by atoms with Crippen molar-refractivity contribution in [2.24, 2.45) is 0 Å². The second kappa shape index (κ2) is 5.23. The van der Waals surface area contributed by atoms with Gasteiger partial charge in [0.05, 0.1) is 4.34 Å². The summed E-state index contributed by atoms with van der Waals surface area (Å²) in [6, 6.07) is 9.67. The Labute approximate surface area is 121 Å². The molecular weight excluding hydrogens is 281 g/mol. The van der Waals surface area contributed by atoms with Gasteiger partial charge >= 0.3 is 0 Å². The molecule has 1 aliphatic carbocycles. The first-order valence-electron chi connectivity index (χ1n) is 6.43. The van der Waals surface area contributed by atoms with Crippen molar-refractivity contribution in [2.45, 2.75) is 31.8 Å². The number of rotatable bonds is 3. The Morgan fingerprint density at radius 1 is 1.37 bits per heavy atom. The highest BCUT2D eigenvalue weighted by molar-refractivity contribution is 7.16. The minimum atomic E-state index is -0.141. The fourth-order valence-electron chi connectivity index (χ4n) is 2.70. The Kier molecular flexibility index (Phi) is 3.61. The first-order chi connectivity index (χ1) is 9.13. The van der Waals surface area contributed by atoms with Crippen molar-refractivity contribution in [2.75, 3.05) is 0 Å². The smallest absolute Gasteiger partial charge is 0.123 e. The van der Waals surface area contributed by atoms with Crippen molar-refractivity contribution < 1.29 is 4.39 Å². The minimum Gasteiger partial charge on any atom is -0.303 e. The van der Waals surface area contributed by atoms with E-state index in [2.05, 4.69) is 18.3 Å². The van der Waals surface area contributed by atoms with E-state index in [1.54, 1.807) is 23.5 Å². The number of hydrogen-bond acceptors (Lipinski definition) is 2. The zero-order chi connectivity index (χ0) is 13.4. The van der Waals surface area contributed by atoms with Crippen molar-refractivity contribution in [3.63, 3.8) is 0 Å². The molecule has 0 fully saturated rings. The van der Waals surface area contributed by atoms with E-state index in [0.717, 1.165) is 22.7 Å².